The lowest BCUT2D eigenvalue weighted by Gasteiger charge is -2.26. The third-order valence-corrected chi connectivity index (χ3v) is 4.27. The highest BCUT2D eigenvalue weighted by Gasteiger charge is 2.20. The zero-order valence-electron chi connectivity index (χ0n) is 13.6. The number of aliphatic hydroxyl groups is 1. The van der Waals surface area contributed by atoms with Crippen LogP contribution in [0.5, 0.6) is 0 Å². The first-order chi connectivity index (χ1) is 8.36. The second-order valence-electron chi connectivity index (χ2n) is 6.92. The van der Waals surface area contributed by atoms with Crippen molar-refractivity contribution in [2.45, 2.75) is 86.2 Å². The van der Waals surface area contributed by atoms with E-state index in [0.29, 0.717) is 5.92 Å². The Balaban J connectivity index is 3.99. The lowest BCUT2D eigenvalue weighted by atomic mass is 9.82. The Morgan fingerprint density at radius 2 is 1.39 bits per heavy atom. The summed E-state index contributed by atoms with van der Waals surface area (Å²) in [5.74, 6) is 2.82. The van der Waals surface area contributed by atoms with Crippen LogP contribution in [-0.4, -0.2) is 11.2 Å². The Bertz CT molecular complexity index is 186. The highest BCUT2D eigenvalue weighted by molar-refractivity contribution is 4.71. The van der Waals surface area contributed by atoms with Crippen LogP contribution >= 0.6 is 0 Å². The molecule has 1 heteroatoms. The SMILES string of the molecule is CCC(C)CC(CC(C)CCCC(C)C)C(C)O. The van der Waals surface area contributed by atoms with E-state index in [1.807, 2.05) is 6.92 Å². The van der Waals surface area contributed by atoms with E-state index in [1.165, 1.54) is 38.5 Å². The molecule has 0 rings (SSSR count). The molecule has 0 amide bonds. The van der Waals surface area contributed by atoms with Crippen LogP contribution in [0.1, 0.15) is 80.1 Å². The molecule has 0 aromatic rings. The quantitative estimate of drug-likeness (QED) is 0.564. The highest BCUT2D eigenvalue weighted by atomic mass is 16.3. The van der Waals surface area contributed by atoms with Gasteiger partial charge in [0.1, 0.15) is 0 Å². The third kappa shape index (κ3) is 8.97. The fraction of sp³-hybridized carbons (Fsp3) is 1.00. The maximum atomic E-state index is 9.92. The van der Waals surface area contributed by atoms with Crippen LogP contribution in [0.25, 0.3) is 0 Å². The Morgan fingerprint density at radius 1 is 0.833 bits per heavy atom. The molecule has 0 aromatic heterocycles. The monoisotopic (exact) mass is 256 g/mol. The van der Waals surface area contributed by atoms with Crippen LogP contribution in [0.3, 0.4) is 0 Å². The second kappa shape index (κ2) is 9.83. The highest BCUT2D eigenvalue weighted by Crippen LogP contribution is 2.27. The molecule has 1 N–H and O–H groups in total. The van der Waals surface area contributed by atoms with Crippen LogP contribution in [0, 0.1) is 23.7 Å². The molecule has 110 valence electrons. The molecule has 0 fully saturated rings. The average Bonchev–Trinajstić information content (AvgIpc) is 2.27. The van der Waals surface area contributed by atoms with Gasteiger partial charge >= 0.3 is 0 Å². The van der Waals surface area contributed by atoms with Gasteiger partial charge in [-0.25, -0.2) is 0 Å². The lowest BCUT2D eigenvalue weighted by Crippen LogP contribution is -2.21. The van der Waals surface area contributed by atoms with Gasteiger partial charge in [-0.2, -0.15) is 0 Å². The number of hydrogen-bond donors (Lipinski definition) is 1. The van der Waals surface area contributed by atoms with E-state index in [0.717, 1.165) is 17.8 Å². The van der Waals surface area contributed by atoms with Gasteiger partial charge in [-0.05, 0) is 43.4 Å². The molecular formula is C17H36O. The van der Waals surface area contributed by atoms with Crippen LogP contribution in [0.15, 0.2) is 0 Å². The van der Waals surface area contributed by atoms with E-state index >= 15 is 0 Å². The molecule has 0 spiro atoms. The summed E-state index contributed by atoms with van der Waals surface area (Å²) in [4.78, 5) is 0. The molecule has 0 saturated heterocycles. The molecule has 18 heavy (non-hydrogen) atoms. The zero-order valence-corrected chi connectivity index (χ0v) is 13.6. The van der Waals surface area contributed by atoms with E-state index in [-0.39, 0.29) is 6.10 Å². The van der Waals surface area contributed by atoms with Gasteiger partial charge in [0.05, 0.1) is 6.10 Å². The summed E-state index contributed by atoms with van der Waals surface area (Å²) >= 11 is 0. The Kier molecular flexibility index (Phi) is 9.81. The van der Waals surface area contributed by atoms with Crippen LogP contribution in [0.4, 0.5) is 0 Å². The van der Waals surface area contributed by atoms with Gasteiger partial charge in [0, 0.05) is 0 Å². The van der Waals surface area contributed by atoms with Crippen molar-refractivity contribution in [3.63, 3.8) is 0 Å². The minimum absolute atomic E-state index is 0.147. The van der Waals surface area contributed by atoms with Crippen LogP contribution in [0.2, 0.25) is 0 Å². The number of hydrogen-bond acceptors (Lipinski definition) is 1. The lowest BCUT2D eigenvalue weighted by molar-refractivity contribution is 0.0928. The zero-order chi connectivity index (χ0) is 14.1. The molecule has 0 aliphatic rings. The molecule has 4 atom stereocenters. The third-order valence-electron chi connectivity index (χ3n) is 4.27. The largest absolute Gasteiger partial charge is 0.393 e. The van der Waals surface area contributed by atoms with E-state index in [9.17, 15) is 5.11 Å². The maximum absolute atomic E-state index is 9.92. The van der Waals surface area contributed by atoms with Crippen molar-refractivity contribution in [1.82, 2.24) is 0 Å². The maximum Gasteiger partial charge on any atom is 0.0540 e. The van der Waals surface area contributed by atoms with Gasteiger partial charge in [-0.3, -0.25) is 0 Å². The topological polar surface area (TPSA) is 20.2 Å². The molecule has 0 aromatic carbocycles. The summed E-state index contributed by atoms with van der Waals surface area (Å²) in [5, 5.41) is 9.92. The van der Waals surface area contributed by atoms with Gasteiger partial charge in [-0.15, -0.1) is 0 Å². The van der Waals surface area contributed by atoms with Crippen molar-refractivity contribution in [2.75, 3.05) is 0 Å². The van der Waals surface area contributed by atoms with Gasteiger partial charge in [-0.1, -0.05) is 60.3 Å². The standard InChI is InChI=1S/C17H36O/c1-7-14(4)11-17(16(6)18)12-15(5)10-8-9-13(2)3/h13-18H,7-12H2,1-6H3. The Hall–Kier alpha value is -0.0400. The molecule has 4 unspecified atom stereocenters. The summed E-state index contributed by atoms with van der Waals surface area (Å²) in [5.41, 5.74) is 0. The average molecular weight is 256 g/mol. The van der Waals surface area contributed by atoms with Crippen molar-refractivity contribution in [3.8, 4) is 0 Å². The van der Waals surface area contributed by atoms with Gasteiger partial charge in [0.25, 0.3) is 0 Å². The van der Waals surface area contributed by atoms with Crippen molar-refractivity contribution < 1.29 is 5.11 Å². The van der Waals surface area contributed by atoms with Crippen molar-refractivity contribution in [1.29, 1.82) is 0 Å². The first-order valence-electron chi connectivity index (χ1n) is 8.04. The molecular weight excluding hydrogens is 220 g/mol. The van der Waals surface area contributed by atoms with E-state index in [4.69, 9.17) is 0 Å². The van der Waals surface area contributed by atoms with Gasteiger partial charge < -0.3 is 5.11 Å². The first kappa shape index (κ1) is 18.0. The fourth-order valence-corrected chi connectivity index (χ4v) is 2.68. The van der Waals surface area contributed by atoms with Gasteiger partial charge in [0.15, 0.2) is 0 Å². The molecule has 0 bridgehead atoms. The molecule has 1 nitrogen and oxygen atoms in total. The molecule has 0 saturated carbocycles. The van der Waals surface area contributed by atoms with Crippen LogP contribution < -0.4 is 0 Å². The van der Waals surface area contributed by atoms with Gasteiger partial charge in [0.2, 0.25) is 0 Å². The molecule has 0 heterocycles. The van der Waals surface area contributed by atoms with Crippen molar-refractivity contribution in [2.24, 2.45) is 23.7 Å². The molecule has 0 aliphatic carbocycles. The van der Waals surface area contributed by atoms with Crippen molar-refractivity contribution in [3.05, 3.63) is 0 Å². The summed E-state index contributed by atoms with van der Waals surface area (Å²) in [6, 6.07) is 0. The number of rotatable bonds is 10. The van der Waals surface area contributed by atoms with E-state index in [1.54, 1.807) is 0 Å². The summed E-state index contributed by atoms with van der Waals surface area (Å²) in [6.07, 6.45) is 7.46. The summed E-state index contributed by atoms with van der Waals surface area (Å²) in [6.45, 7) is 13.5. The number of aliphatic hydroxyl groups excluding tert-OH is 1. The normalized spacial score (nSPS) is 18.7. The van der Waals surface area contributed by atoms with Crippen molar-refractivity contribution >= 4 is 0 Å². The van der Waals surface area contributed by atoms with E-state index < -0.39 is 0 Å². The minimum atomic E-state index is -0.147. The molecule has 0 aliphatic heterocycles. The first-order valence-corrected chi connectivity index (χ1v) is 8.04. The van der Waals surface area contributed by atoms with Crippen LogP contribution in [-0.2, 0) is 0 Å². The van der Waals surface area contributed by atoms with E-state index in [2.05, 4.69) is 34.6 Å². The minimum Gasteiger partial charge on any atom is -0.393 e. The Labute approximate surface area is 115 Å². The fourth-order valence-electron chi connectivity index (χ4n) is 2.68. The smallest absolute Gasteiger partial charge is 0.0540 e. The predicted molar refractivity (Wildman–Crippen MR) is 81.7 cm³/mol. The summed E-state index contributed by atoms with van der Waals surface area (Å²) < 4.78 is 0. The second-order valence-corrected chi connectivity index (χ2v) is 6.92. The predicted octanol–water partition coefficient (Wildman–Crippen LogP) is 5.27. The Morgan fingerprint density at radius 3 is 1.83 bits per heavy atom. The summed E-state index contributed by atoms with van der Waals surface area (Å²) in [7, 11) is 0. The molecule has 0 radical (unpaired) electrons.